The van der Waals surface area contributed by atoms with Gasteiger partial charge >= 0.3 is 0 Å². The summed E-state index contributed by atoms with van der Waals surface area (Å²) in [5, 5.41) is 10.1. The number of fused-ring (bicyclic) bond motifs is 1. The van der Waals surface area contributed by atoms with Gasteiger partial charge in [0.2, 0.25) is 5.91 Å². The number of likely N-dealkylation sites (tertiary alicyclic amines) is 1. The van der Waals surface area contributed by atoms with Crippen LogP contribution in [0.1, 0.15) is 18.4 Å². The van der Waals surface area contributed by atoms with Crippen molar-refractivity contribution in [3.05, 3.63) is 36.0 Å². The minimum Gasteiger partial charge on any atom is -0.361 e. The quantitative estimate of drug-likeness (QED) is 0.928. The van der Waals surface area contributed by atoms with E-state index in [1.54, 1.807) is 0 Å². The molecular formula is C16H17N3O. The van der Waals surface area contributed by atoms with Gasteiger partial charge in [0.15, 0.2) is 0 Å². The summed E-state index contributed by atoms with van der Waals surface area (Å²) < 4.78 is 0. The number of aromatic nitrogens is 1. The molecule has 102 valence electrons. The third-order valence-corrected chi connectivity index (χ3v) is 4.03. The number of para-hydroxylation sites is 1. The van der Waals surface area contributed by atoms with Crippen LogP contribution in [0.4, 0.5) is 0 Å². The molecule has 1 unspecified atom stereocenters. The second-order valence-electron chi connectivity index (χ2n) is 5.31. The molecule has 0 saturated carbocycles. The number of nitrogens with zero attached hydrogens (tertiary/aromatic N) is 2. The molecule has 4 nitrogen and oxygen atoms in total. The van der Waals surface area contributed by atoms with E-state index >= 15 is 0 Å². The summed E-state index contributed by atoms with van der Waals surface area (Å²) in [7, 11) is 0. The highest BCUT2D eigenvalue weighted by Gasteiger charge is 2.25. The van der Waals surface area contributed by atoms with Gasteiger partial charge in [-0.25, -0.2) is 0 Å². The number of carbonyl (C=O) groups is 1. The van der Waals surface area contributed by atoms with Crippen LogP contribution >= 0.6 is 0 Å². The average Bonchev–Trinajstić information content (AvgIpc) is 2.89. The smallest absolute Gasteiger partial charge is 0.223 e. The third-order valence-electron chi connectivity index (χ3n) is 4.03. The molecule has 2 aromatic rings. The summed E-state index contributed by atoms with van der Waals surface area (Å²) in [6.07, 6.45) is 4.06. The first-order valence-electron chi connectivity index (χ1n) is 7.00. The van der Waals surface area contributed by atoms with Gasteiger partial charge in [0.05, 0.1) is 12.0 Å². The van der Waals surface area contributed by atoms with E-state index in [1.165, 1.54) is 10.9 Å². The molecule has 1 saturated heterocycles. The average molecular weight is 267 g/mol. The summed E-state index contributed by atoms with van der Waals surface area (Å²) in [6, 6.07) is 10.4. The van der Waals surface area contributed by atoms with Gasteiger partial charge in [0.25, 0.3) is 0 Å². The molecule has 1 amide bonds. The van der Waals surface area contributed by atoms with E-state index in [9.17, 15) is 4.79 Å². The third kappa shape index (κ3) is 2.39. The van der Waals surface area contributed by atoms with Crippen LogP contribution in [0.3, 0.4) is 0 Å². The van der Waals surface area contributed by atoms with Crippen molar-refractivity contribution in [1.29, 1.82) is 5.26 Å². The van der Waals surface area contributed by atoms with Crippen LogP contribution in [0.5, 0.6) is 0 Å². The lowest BCUT2D eigenvalue weighted by Crippen LogP contribution is -2.39. The Hall–Kier alpha value is -2.28. The molecule has 1 atom stereocenters. The molecule has 20 heavy (non-hydrogen) atoms. The number of benzene rings is 1. The van der Waals surface area contributed by atoms with E-state index in [-0.39, 0.29) is 11.8 Å². The fraction of sp³-hybridized carbons (Fsp3) is 0.375. The van der Waals surface area contributed by atoms with Crippen molar-refractivity contribution in [3.8, 4) is 6.07 Å². The summed E-state index contributed by atoms with van der Waals surface area (Å²) >= 11 is 0. The molecule has 1 aromatic heterocycles. The van der Waals surface area contributed by atoms with Gasteiger partial charge in [-0.2, -0.15) is 5.26 Å². The standard InChI is InChI=1S/C16H17N3O/c17-10-12-5-7-19(16(20)9-12)8-6-13-11-18-15-4-2-1-3-14(13)15/h1-4,11-12,18H,5-9H2. The number of carbonyl (C=O) groups excluding carboxylic acids is 1. The van der Waals surface area contributed by atoms with E-state index < -0.39 is 0 Å². The van der Waals surface area contributed by atoms with Gasteiger partial charge in [0.1, 0.15) is 0 Å². The second kappa shape index (κ2) is 5.38. The molecule has 3 rings (SSSR count). The zero-order valence-corrected chi connectivity index (χ0v) is 11.3. The number of piperidine rings is 1. The van der Waals surface area contributed by atoms with Gasteiger partial charge in [-0.15, -0.1) is 0 Å². The predicted molar refractivity (Wildman–Crippen MR) is 76.9 cm³/mol. The van der Waals surface area contributed by atoms with Crippen molar-refractivity contribution in [2.75, 3.05) is 13.1 Å². The number of nitrogens with one attached hydrogen (secondary N) is 1. The second-order valence-corrected chi connectivity index (χ2v) is 5.31. The van der Waals surface area contributed by atoms with Crippen LogP contribution in [-0.2, 0) is 11.2 Å². The molecule has 0 bridgehead atoms. The van der Waals surface area contributed by atoms with Crippen molar-refractivity contribution in [2.24, 2.45) is 5.92 Å². The Morgan fingerprint density at radius 3 is 3.05 bits per heavy atom. The molecule has 1 aliphatic heterocycles. The molecule has 0 radical (unpaired) electrons. The predicted octanol–water partition coefficient (Wildman–Crippen LogP) is 2.47. The van der Waals surface area contributed by atoms with E-state index in [1.807, 2.05) is 23.2 Å². The van der Waals surface area contributed by atoms with E-state index in [2.05, 4.69) is 23.2 Å². The van der Waals surface area contributed by atoms with Crippen molar-refractivity contribution in [1.82, 2.24) is 9.88 Å². The Kier molecular flexibility index (Phi) is 3.42. The SMILES string of the molecule is N#CC1CCN(CCc2c[nH]c3ccccc23)C(=O)C1. The molecule has 1 fully saturated rings. The minimum atomic E-state index is -0.0909. The number of rotatable bonds is 3. The van der Waals surface area contributed by atoms with Crippen LogP contribution in [0.2, 0.25) is 0 Å². The summed E-state index contributed by atoms with van der Waals surface area (Å²) in [6.45, 7) is 1.44. The number of hydrogen-bond acceptors (Lipinski definition) is 2. The van der Waals surface area contributed by atoms with Crippen LogP contribution in [0.15, 0.2) is 30.5 Å². The molecule has 0 aliphatic carbocycles. The molecule has 1 N–H and O–H groups in total. The molecular weight excluding hydrogens is 250 g/mol. The van der Waals surface area contributed by atoms with Crippen LogP contribution < -0.4 is 0 Å². The summed E-state index contributed by atoms with van der Waals surface area (Å²) in [5.41, 5.74) is 2.38. The monoisotopic (exact) mass is 267 g/mol. The van der Waals surface area contributed by atoms with Crippen LogP contribution in [-0.4, -0.2) is 28.9 Å². The molecule has 1 aliphatic rings. The zero-order valence-electron chi connectivity index (χ0n) is 11.3. The maximum Gasteiger partial charge on any atom is 0.223 e. The Labute approximate surface area is 118 Å². The van der Waals surface area contributed by atoms with Gasteiger partial charge < -0.3 is 9.88 Å². The van der Waals surface area contributed by atoms with Crippen LogP contribution in [0, 0.1) is 17.2 Å². The topological polar surface area (TPSA) is 59.9 Å². The Bertz CT molecular complexity index is 668. The fourth-order valence-corrected chi connectivity index (χ4v) is 2.82. The van der Waals surface area contributed by atoms with Crippen molar-refractivity contribution in [2.45, 2.75) is 19.3 Å². The normalized spacial score (nSPS) is 19.2. The van der Waals surface area contributed by atoms with Crippen LogP contribution in [0.25, 0.3) is 10.9 Å². The van der Waals surface area contributed by atoms with Gasteiger partial charge in [-0.05, 0) is 24.5 Å². The first kappa shape index (κ1) is 12.7. The van der Waals surface area contributed by atoms with Gasteiger partial charge in [-0.3, -0.25) is 4.79 Å². The largest absolute Gasteiger partial charge is 0.361 e. The summed E-state index contributed by atoms with van der Waals surface area (Å²) in [4.78, 5) is 17.1. The van der Waals surface area contributed by atoms with Crippen molar-refractivity contribution in [3.63, 3.8) is 0 Å². The highest BCUT2D eigenvalue weighted by Crippen LogP contribution is 2.21. The van der Waals surface area contributed by atoms with E-state index in [0.717, 1.165) is 24.9 Å². The minimum absolute atomic E-state index is 0.0909. The lowest BCUT2D eigenvalue weighted by Gasteiger charge is -2.28. The lowest BCUT2D eigenvalue weighted by molar-refractivity contribution is -0.134. The van der Waals surface area contributed by atoms with Crippen molar-refractivity contribution < 1.29 is 4.79 Å². The van der Waals surface area contributed by atoms with Gasteiger partial charge in [0, 0.05) is 36.6 Å². The van der Waals surface area contributed by atoms with Crippen molar-refractivity contribution >= 4 is 16.8 Å². The highest BCUT2D eigenvalue weighted by atomic mass is 16.2. The highest BCUT2D eigenvalue weighted by molar-refractivity contribution is 5.83. The first-order chi connectivity index (χ1) is 9.78. The molecule has 4 heteroatoms. The maximum atomic E-state index is 12.0. The Balaban J connectivity index is 1.65. The first-order valence-corrected chi connectivity index (χ1v) is 7.00. The van der Waals surface area contributed by atoms with Gasteiger partial charge in [-0.1, -0.05) is 18.2 Å². The lowest BCUT2D eigenvalue weighted by atomic mass is 9.97. The van der Waals surface area contributed by atoms with E-state index in [4.69, 9.17) is 5.26 Å². The Morgan fingerprint density at radius 2 is 2.25 bits per heavy atom. The molecule has 2 heterocycles. The number of nitriles is 1. The maximum absolute atomic E-state index is 12.0. The van der Waals surface area contributed by atoms with E-state index in [0.29, 0.717) is 13.0 Å². The Morgan fingerprint density at radius 1 is 1.40 bits per heavy atom. The summed E-state index contributed by atoms with van der Waals surface area (Å²) in [5.74, 6) is 0.0227. The number of hydrogen-bond donors (Lipinski definition) is 1. The molecule has 0 spiro atoms. The fourth-order valence-electron chi connectivity index (χ4n) is 2.82. The number of H-pyrrole nitrogens is 1. The molecule has 1 aromatic carbocycles. The number of amides is 1. The zero-order chi connectivity index (χ0) is 13.9. The number of aromatic amines is 1.